The van der Waals surface area contributed by atoms with Gasteiger partial charge in [0.1, 0.15) is 11.6 Å². The quantitative estimate of drug-likeness (QED) is 0.355. The fourth-order valence-corrected chi connectivity index (χ4v) is 1.51. The number of aliphatic hydroxyl groups excluding tert-OH is 1. The molecule has 0 bridgehead atoms. The van der Waals surface area contributed by atoms with E-state index in [1.54, 1.807) is 6.08 Å². The molecule has 0 saturated heterocycles. The van der Waals surface area contributed by atoms with Crippen molar-refractivity contribution in [3.8, 4) is 0 Å². The summed E-state index contributed by atoms with van der Waals surface area (Å²) >= 11 is 0. The molecule has 1 N–H and O–H groups in total. The van der Waals surface area contributed by atoms with Crippen molar-refractivity contribution >= 4 is 0 Å². The lowest BCUT2D eigenvalue weighted by Crippen LogP contribution is -1.88. The van der Waals surface area contributed by atoms with Crippen LogP contribution >= 0.6 is 0 Å². The third kappa shape index (κ3) is 8.42. The molecule has 0 amide bonds. The Hall–Kier alpha value is -2.61. The lowest BCUT2D eigenvalue weighted by Gasteiger charge is -2.05. The normalized spacial score (nSPS) is 11.7. The molecule has 0 spiro atoms. The van der Waals surface area contributed by atoms with Gasteiger partial charge in [-0.15, -0.1) is 0 Å². The largest absolute Gasteiger partial charge is 0.509 e. The molecule has 23 heavy (non-hydrogen) atoms. The van der Waals surface area contributed by atoms with Crippen LogP contribution in [-0.2, 0) is 0 Å². The van der Waals surface area contributed by atoms with Gasteiger partial charge in [0, 0.05) is 5.57 Å². The number of allylic oxidation sites excluding steroid dienone is 11. The number of hydrogen-bond donors (Lipinski definition) is 1. The molecule has 0 aromatic heterocycles. The molecule has 2 heteroatoms. The second kappa shape index (κ2) is 10.2. The van der Waals surface area contributed by atoms with Crippen LogP contribution in [0.3, 0.4) is 0 Å². The van der Waals surface area contributed by atoms with Gasteiger partial charge in [0.25, 0.3) is 0 Å². The zero-order valence-electron chi connectivity index (χ0n) is 13.9. The molecular formula is C21H25FO. The van der Waals surface area contributed by atoms with Crippen molar-refractivity contribution in [1.29, 1.82) is 0 Å². The molecule has 0 rings (SSSR count). The standard InChI is InChI=1S/C21H25FO/c1-8-9-15(2)10-11-17(4)20(7)21(22)14-18(5)16(3)12-13-19(6)23/h10-14,23H,2-9H2,1H3/b11-10-,13-12-,21-14+. The van der Waals surface area contributed by atoms with E-state index in [2.05, 4.69) is 46.4 Å². The zero-order valence-corrected chi connectivity index (χ0v) is 13.9. The van der Waals surface area contributed by atoms with Crippen LogP contribution in [0.25, 0.3) is 0 Å². The summed E-state index contributed by atoms with van der Waals surface area (Å²) in [4.78, 5) is 0. The van der Waals surface area contributed by atoms with Crippen molar-refractivity contribution in [2.45, 2.75) is 19.8 Å². The van der Waals surface area contributed by atoms with E-state index in [-0.39, 0.29) is 11.3 Å². The van der Waals surface area contributed by atoms with E-state index in [9.17, 15) is 4.39 Å². The summed E-state index contributed by atoms with van der Waals surface area (Å²) in [5.41, 5.74) is 2.43. The summed E-state index contributed by atoms with van der Waals surface area (Å²) in [5.74, 6) is -0.651. The van der Waals surface area contributed by atoms with Gasteiger partial charge in [-0.1, -0.05) is 76.6 Å². The van der Waals surface area contributed by atoms with E-state index in [1.807, 2.05) is 6.08 Å². The average Bonchev–Trinajstić information content (AvgIpc) is 2.49. The predicted octanol–water partition coefficient (Wildman–Crippen LogP) is 6.61. The second-order valence-corrected chi connectivity index (χ2v) is 5.11. The lowest BCUT2D eigenvalue weighted by molar-refractivity contribution is 0.435. The van der Waals surface area contributed by atoms with E-state index in [1.165, 1.54) is 18.2 Å². The van der Waals surface area contributed by atoms with Gasteiger partial charge in [-0.2, -0.15) is 0 Å². The molecule has 1 nitrogen and oxygen atoms in total. The number of halogens is 1. The molecule has 122 valence electrons. The van der Waals surface area contributed by atoms with Gasteiger partial charge in [-0.25, -0.2) is 4.39 Å². The third-order valence-electron chi connectivity index (χ3n) is 2.96. The molecule has 0 aromatic rings. The average molecular weight is 312 g/mol. The van der Waals surface area contributed by atoms with Crippen LogP contribution < -0.4 is 0 Å². The van der Waals surface area contributed by atoms with Crippen LogP contribution in [0.15, 0.2) is 109 Å². The summed E-state index contributed by atoms with van der Waals surface area (Å²) in [6, 6.07) is 0. The van der Waals surface area contributed by atoms with E-state index in [4.69, 9.17) is 5.11 Å². The number of rotatable bonds is 10. The molecular weight excluding hydrogens is 287 g/mol. The van der Waals surface area contributed by atoms with Crippen molar-refractivity contribution in [3.63, 3.8) is 0 Å². The summed E-state index contributed by atoms with van der Waals surface area (Å²) < 4.78 is 14.2. The Labute approximate surface area is 139 Å². The predicted molar refractivity (Wildman–Crippen MR) is 99.8 cm³/mol. The van der Waals surface area contributed by atoms with Crippen LogP contribution in [-0.4, -0.2) is 5.11 Å². The molecule has 0 aliphatic carbocycles. The van der Waals surface area contributed by atoms with E-state index in [0.29, 0.717) is 16.7 Å². The monoisotopic (exact) mass is 312 g/mol. The number of aliphatic hydroxyl groups is 1. The maximum atomic E-state index is 14.2. The highest BCUT2D eigenvalue weighted by atomic mass is 19.1. The van der Waals surface area contributed by atoms with Crippen LogP contribution in [0, 0.1) is 0 Å². The Morgan fingerprint density at radius 1 is 0.870 bits per heavy atom. The molecule has 0 heterocycles. The van der Waals surface area contributed by atoms with E-state index in [0.717, 1.165) is 18.4 Å². The summed E-state index contributed by atoms with van der Waals surface area (Å²) in [5, 5.41) is 8.99. The first-order chi connectivity index (χ1) is 10.7. The highest BCUT2D eigenvalue weighted by Gasteiger charge is 2.05. The van der Waals surface area contributed by atoms with Gasteiger partial charge in [0.2, 0.25) is 0 Å². The summed E-state index contributed by atoms with van der Waals surface area (Å²) in [7, 11) is 0. The zero-order chi connectivity index (χ0) is 18.0. The van der Waals surface area contributed by atoms with Crippen molar-refractivity contribution in [2.75, 3.05) is 0 Å². The number of hydrogen-bond acceptors (Lipinski definition) is 1. The fraction of sp³-hybridized carbons (Fsp3) is 0.143. The molecule has 0 radical (unpaired) electrons. The van der Waals surface area contributed by atoms with E-state index >= 15 is 0 Å². The minimum Gasteiger partial charge on any atom is -0.509 e. The Morgan fingerprint density at radius 3 is 1.96 bits per heavy atom. The maximum Gasteiger partial charge on any atom is 0.131 e. The van der Waals surface area contributed by atoms with Crippen molar-refractivity contribution in [3.05, 3.63) is 109 Å². The Bertz CT molecular complexity index is 624. The second-order valence-electron chi connectivity index (χ2n) is 5.11. The molecule has 0 aliphatic heterocycles. The van der Waals surface area contributed by atoms with Crippen LogP contribution in [0.1, 0.15) is 19.8 Å². The molecule has 0 atom stereocenters. The van der Waals surface area contributed by atoms with Crippen molar-refractivity contribution < 1.29 is 9.50 Å². The Balaban J connectivity index is 4.90. The van der Waals surface area contributed by atoms with Gasteiger partial charge in [0.15, 0.2) is 0 Å². The topological polar surface area (TPSA) is 20.2 Å². The molecule has 0 aliphatic rings. The van der Waals surface area contributed by atoms with E-state index < -0.39 is 5.83 Å². The molecule has 0 unspecified atom stereocenters. The molecule has 0 aromatic carbocycles. The smallest absolute Gasteiger partial charge is 0.131 e. The minimum atomic E-state index is -0.539. The van der Waals surface area contributed by atoms with Gasteiger partial charge < -0.3 is 5.11 Å². The van der Waals surface area contributed by atoms with Gasteiger partial charge in [-0.05, 0) is 35.3 Å². The van der Waals surface area contributed by atoms with Crippen LogP contribution in [0.5, 0.6) is 0 Å². The van der Waals surface area contributed by atoms with Crippen LogP contribution in [0.4, 0.5) is 4.39 Å². The van der Waals surface area contributed by atoms with Gasteiger partial charge in [-0.3, -0.25) is 0 Å². The first-order valence-electron chi connectivity index (χ1n) is 7.24. The fourth-order valence-electron chi connectivity index (χ4n) is 1.51. The van der Waals surface area contributed by atoms with Crippen molar-refractivity contribution in [1.82, 2.24) is 0 Å². The first kappa shape index (κ1) is 20.4. The molecule has 0 fully saturated rings. The lowest BCUT2D eigenvalue weighted by atomic mass is 10.0. The van der Waals surface area contributed by atoms with Crippen molar-refractivity contribution in [2.24, 2.45) is 0 Å². The summed E-state index contributed by atoms with van der Waals surface area (Å²) in [6.07, 6.45) is 9.48. The van der Waals surface area contributed by atoms with Gasteiger partial charge in [0.05, 0.1) is 0 Å². The Morgan fingerprint density at radius 2 is 1.43 bits per heavy atom. The van der Waals surface area contributed by atoms with Crippen LogP contribution in [0.2, 0.25) is 0 Å². The minimum absolute atomic E-state index is 0.112. The third-order valence-corrected chi connectivity index (χ3v) is 2.96. The highest BCUT2D eigenvalue weighted by Crippen LogP contribution is 2.22. The van der Waals surface area contributed by atoms with Gasteiger partial charge >= 0.3 is 0 Å². The summed E-state index contributed by atoms with van der Waals surface area (Å²) in [6.45, 7) is 24.2. The first-order valence-corrected chi connectivity index (χ1v) is 7.24. The highest BCUT2D eigenvalue weighted by molar-refractivity contribution is 5.52. The maximum absolute atomic E-state index is 14.2. The SMILES string of the molecule is C=C(O)/C=C\C(=C)C(=C)/C=C(/F)C(=C)C(=C)/C=C\C(=C)CCC. The molecule has 0 saturated carbocycles. The Kier molecular flexibility index (Phi) is 9.02.